The van der Waals surface area contributed by atoms with Crippen molar-refractivity contribution in [1.29, 1.82) is 0 Å². The van der Waals surface area contributed by atoms with E-state index in [1.165, 1.54) is 3.97 Å². The average molecular weight is 487 g/mol. The number of rotatable bonds is 4. The Bertz CT molecular complexity index is 1280. The van der Waals surface area contributed by atoms with E-state index < -0.39 is 10.0 Å². The molecule has 1 saturated heterocycles. The minimum Gasteiger partial charge on any atom is -0.490 e. The molecule has 2 aliphatic rings. The summed E-state index contributed by atoms with van der Waals surface area (Å²) in [5.41, 5.74) is 3.63. The average Bonchev–Trinajstić information content (AvgIpc) is 3.24. The molecule has 0 radical (unpaired) electrons. The summed E-state index contributed by atoms with van der Waals surface area (Å²) in [6, 6.07) is 11.3. The van der Waals surface area contributed by atoms with Gasteiger partial charge in [0, 0.05) is 50.5 Å². The summed E-state index contributed by atoms with van der Waals surface area (Å²) >= 11 is 0. The molecule has 0 bridgehead atoms. The minimum atomic E-state index is -3.76. The van der Waals surface area contributed by atoms with E-state index in [-0.39, 0.29) is 11.4 Å². The predicted molar refractivity (Wildman–Crippen MR) is 133 cm³/mol. The van der Waals surface area contributed by atoms with Crippen molar-refractivity contribution in [2.75, 3.05) is 56.2 Å². The topological polar surface area (TPSA) is 104 Å². The molecule has 0 spiro atoms. The molecule has 3 heterocycles. The van der Waals surface area contributed by atoms with Crippen LogP contribution in [0.25, 0.3) is 10.9 Å². The normalized spacial score (nSPS) is 15.8. The number of piperazine rings is 1. The van der Waals surface area contributed by atoms with Crippen molar-refractivity contribution in [1.82, 2.24) is 9.29 Å². The summed E-state index contributed by atoms with van der Waals surface area (Å²) in [7, 11) is -1.80. The third-order valence-corrected chi connectivity index (χ3v) is 7.95. The summed E-state index contributed by atoms with van der Waals surface area (Å²) in [4.78, 5) is 13.0. The second-order valence-electron chi connectivity index (χ2n) is 8.25. The number of hydrogen-bond acceptors (Lipinski definition) is 7. The van der Waals surface area contributed by atoms with Crippen molar-refractivity contribution in [2.45, 2.75) is 18.2 Å². The first-order valence-corrected chi connectivity index (χ1v) is 12.8. The highest BCUT2D eigenvalue weighted by Crippen LogP contribution is 2.35. The molecule has 0 amide bonds. The molecule has 34 heavy (non-hydrogen) atoms. The third-order valence-electron chi connectivity index (χ3n) is 6.28. The quantitative estimate of drug-likeness (QED) is 0.542. The number of nitrogens with one attached hydrogen (secondary N) is 1. The molecule has 1 fully saturated rings. The Morgan fingerprint density at radius 1 is 1.12 bits per heavy atom. The summed E-state index contributed by atoms with van der Waals surface area (Å²) in [6.07, 6.45) is 2.55. The van der Waals surface area contributed by atoms with E-state index in [1.807, 2.05) is 18.0 Å². The first-order valence-electron chi connectivity index (χ1n) is 11.3. The van der Waals surface area contributed by atoms with E-state index >= 15 is 0 Å². The first-order chi connectivity index (χ1) is 16.4. The van der Waals surface area contributed by atoms with Crippen LogP contribution in [-0.2, 0) is 21.2 Å². The highest BCUT2D eigenvalue weighted by molar-refractivity contribution is 7.90. The van der Waals surface area contributed by atoms with Gasteiger partial charge in [0.25, 0.3) is 16.5 Å². The Morgan fingerprint density at radius 3 is 2.56 bits per heavy atom. The van der Waals surface area contributed by atoms with Gasteiger partial charge in [0.2, 0.25) is 0 Å². The zero-order valence-corrected chi connectivity index (χ0v) is 20.2. The van der Waals surface area contributed by atoms with Gasteiger partial charge in [-0.3, -0.25) is 4.79 Å². The van der Waals surface area contributed by atoms with Crippen LogP contribution >= 0.6 is 0 Å². The van der Waals surface area contributed by atoms with Crippen LogP contribution in [0.15, 0.2) is 47.5 Å². The van der Waals surface area contributed by atoms with Gasteiger partial charge < -0.3 is 25.0 Å². The number of ether oxygens (including phenoxy) is 1. The van der Waals surface area contributed by atoms with E-state index in [0.717, 1.165) is 72.7 Å². The summed E-state index contributed by atoms with van der Waals surface area (Å²) < 4.78 is 34.6. The van der Waals surface area contributed by atoms with Crippen LogP contribution in [0.3, 0.4) is 0 Å². The summed E-state index contributed by atoms with van der Waals surface area (Å²) in [5, 5.41) is 11.2. The number of carbonyl (C=O) groups is 1. The minimum absolute atomic E-state index is 0.250. The van der Waals surface area contributed by atoms with Crippen molar-refractivity contribution in [3.63, 3.8) is 0 Å². The molecule has 0 unspecified atom stereocenters. The van der Waals surface area contributed by atoms with Gasteiger partial charge in [0.15, 0.2) is 0 Å². The second kappa shape index (κ2) is 9.94. The first kappa shape index (κ1) is 23.9. The Hall–Kier alpha value is -3.24. The van der Waals surface area contributed by atoms with E-state index in [2.05, 4.69) is 29.3 Å². The van der Waals surface area contributed by atoms with Crippen LogP contribution in [0, 0.1) is 0 Å². The number of nitrogens with zero attached hydrogens (tertiary/aromatic N) is 3. The van der Waals surface area contributed by atoms with Crippen LogP contribution in [0.4, 0.5) is 11.4 Å². The van der Waals surface area contributed by atoms with Gasteiger partial charge in [-0.05, 0) is 42.3 Å². The summed E-state index contributed by atoms with van der Waals surface area (Å²) in [6.45, 7) is 6.84. The van der Waals surface area contributed by atoms with Gasteiger partial charge in [-0.15, -0.1) is 0 Å². The molecular weight excluding hydrogens is 456 g/mol. The van der Waals surface area contributed by atoms with Gasteiger partial charge in [-0.1, -0.05) is 13.0 Å². The van der Waals surface area contributed by atoms with E-state index in [1.54, 1.807) is 24.4 Å². The van der Waals surface area contributed by atoms with Gasteiger partial charge >= 0.3 is 0 Å². The fourth-order valence-corrected chi connectivity index (χ4v) is 5.86. The molecule has 1 aromatic heterocycles. The molecule has 5 rings (SSSR count). The molecule has 0 aliphatic carbocycles. The van der Waals surface area contributed by atoms with E-state index in [9.17, 15) is 8.42 Å². The number of fused-ring (bicyclic) bond motifs is 2. The standard InChI is InChI=1S/C23H28N4O3S.CH2O2/c1-3-17-16-27(21-14-18(4-6-20(17)21)26-10-8-24-9-11-26)31(28,29)19-5-7-23-22(15-19)25(2)12-13-30-23;2-1-3/h4-7,14-16,24H,3,8-13H2,1-2H3;1H,(H,2,3). The molecule has 3 aromatic rings. The molecule has 2 aliphatic heterocycles. The fraction of sp³-hybridized carbons (Fsp3) is 0.375. The highest BCUT2D eigenvalue weighted by atomic mass is 32.2. The van der Waals surface area contributed by atoms with Crippen LogP contribution in [0.1, 0.15) is 12.5 Å². The number of aryl methyl sites for hydroxylation is 1. The lowest BCUT2D eigenvalue weighted by Crippen LogP contribution is -2.43. The third kappa shape index (κ3) is 4.43. The van der Waals surface area contributed by atoms with Gasteiger partial charge in [-0.2, -0.15) is 0 Å². The number of hydrogen-bond donors (Lipinski definition) is 2. The number of anilines is 2. The Balaban J connectivity index is 0.000000868. The maximum atomic E-state index is 13.7. The second-order valence-corrected chi connectivity index (χ2v) is 10.1. The van der Waals surface area contributed by atoms with Crippen molar-refractivity contribution >= 4 is 38.8 Å². The summed E-state index contributed by atoms with van der Waals surface area (Å²) in [5.74, 6) is 0.723. The highest BCUT2D eigenvalue weighted by Gasteiger charge is 2.25. The number of carboxylic acid groups (broad SMARTS) is 1. The van der Waals surface area contributed by atoms with E-state index in [0.29, 0.717) is 6.61 Å². The van der Waals surface area contributed by atoms with E-state index in [4.69, 9.17) is 14.6 Å². The molecular formula is C24H30N4O5S. The van der Waals surface area contributed by atoms with Crippen molar-refractivity contribution < 1.29 is 23.1 Å². The van der Waals surface area contributed by atoms with Crippen LogP contribution in [-0.4, -0.2) is 70.3 Å². The number of aromatic nitrogens is 1. The monoisotopic (exact) mass is 486 g/mol. The lowest BCUT2D eigenvalue weighted by atomic mass is 10.1. The van der Waals surface area contributed by atoms with Gasteiger partial charge in [0.05, 0.1) is 22.6 Å². The molecule has 2 N–H and O–H groups in total. The molecule has 182 valence electrons. The lowest BCUT2D eigenvalue weighted by Gasteiger charge is -2.29. The maximum absolute atomic E-state index is 13.7. The number of benzene rings is 2. The fourth-order valence-electron chi connectivity index (χ4n) is 4.46. The zero-order chi connectivity index (χ0) is 24.3. The number of likely N-dealkylation sites (N-methyl/N-ethyl adjacent to an activating group) is 1. The smallest absolute Gasteiger partial charge is 0.290 e. The molecule has 2 aromatic carbocycles. The Kier molecular flexibility index (Phi) is 6.99. The molecule has 9 nitrogen and oxygen atoms in total. The molecule has 0 atom stereocenters. The lowest BCUT2D eigenvalue weighted by molar-refractivity contribution is -0.122. The van der Waals surface area contributed by atoms with Crippen molar-refractivity contribution in [3.05, 3.63) is 48.2 Å². The Morgan fingerprint density at radius 2 is 1.85 bits per heavy atom. The van der Waals surface area contributed by atoms with Crippen molar-refractivity contribution in [3.8, 4) is 5.75 Å². The van der Waals surface area contributed by atoms with Crippen LogP contribution in [0.5, 0.6) is 5.75 Å². The van der Waals surface area contributed by atoms with Gasteiger partial charge in [0.1, 0.15) is 12.4 Å². The Labute approximate surface area is 199 Å². The zero-order valence-electron chi connectivity index (χ0n) is 19.4. The molecule has 10 heteroatoms. The SMILES string of the molecule is CCc1cn(S(=O)(=O)c2ccc3c(c2)N(C)CCO3)c2cc(N3CCNCC3)ccc12.O=CO. The van der Waals surface area contributed by atoms with Gasteiger partial charge in [-0.25, -0.2) is 12.4 Å². The molecule has 0 saturated carbocycles. The van der Waals surface area contributed by atoms with Crippen molar-refractivity contribution in [2.24, 2.45) is 0 Å². The van der Waals surface area contributed by atoms with Crippen LogP contribution in [0.2, 0.25) is 0 Å². The predicted octanol–water partition coefficient (Wildman–Crippen LogP) is 2.38. The largest absolute Gasteiger partial charge is 0.490 e. The maximum Gasteiger partial charge on any atom is 0.290 e. The van der Waals surface area contributed by atoms with Crippen LogP contribution < -0.4 is 19.9 Å².